The van der Waals surface area contributed by atoms with Crippen molar-refractivity contribution in [2.24, 2.45) is 0 Å². The third kappa shape index (κ3) is 3.35. The SMILES string of the molecule is Cl.Nc1cccc(CN2CCc3cccc(Br)c3C2)c1. The Morgan fingerprint density at radius 1 is 1.15 bits per heavy atom. The molecule has 2 aromatic carbocycles. The van der Waals surface area contributed by atoms with Gasteiger partial charge < -0.3 is 5.73 Å². The normalized spacial score (nSPS) is 14.4. The number of benzene rings is 2. The van der Waals surface area contributed by atoms with Crippen LogP contribution in [0.2, 0.25) is 0 Å². The zero-order valence-electron chi connectivity index (χ0n) is 11.2. The first-order chi connectivity index (χ1) is 9.22. The molecule has 0 amide bonds. The molecule has 4 heteroatoms. The molecule has 0 unspecified atom stereocenters. The molecule has 3 rings (SSSR count). The molecule has 0 saturated heterocycles. The number of rotatable bonds is 2. The van der Waals surface area contributed by atoms with Crippen LogP contribution >= 0.6 is 28.3 Å². The molecule has 1 aliphatic rings. The fraction of sp³-hybridized carbons (Fsp3) is 0.250. The van der Waals surface area contributed by atoms with E-state index in [2.05, 4.69) is 51.2 Å². The Kier molecular flexibility index (Phi) is 5.08. The average Bonchev–Trinajstić information content (AvgIpc) is 2.40. The largest absolute Gasteiger partial charge is 0.399 e. The molecule has 0 aromatic heterocycles. The topological polar surface area (TPSA) is 29.3 Å². The van der Waals surface area contributed by atoms with E-state index in [0.717, 1.165) is 31.7 Å². The molecule has 0 atom stereocenters. The van der Waals surface area contributed by atoms with Crippen LogP contribution in [0.25, 0.3) is 0 Å². The Hall–Kier alpha value is -1.03. The zero-order valence-corrected chi connectivity index (χ0v) is 13.6. The van der Waals surface area contributed by atoms with Crippen LogP contribution in [0.3, 0.4) is 0 Å². The van der Waals surface area contributed by atoms with Gasteiger partial charge in [-0.1, -0.05) is 40.2 Å². The van der Waals surface area contributed by atoms with Gasteiger partial charge in [0.15, 0.2) is 0 Å². The molecule has 0 aliphatic carbocycles. The number of nitrogens with zero attached hydrogens (tertiary/aromatic N) is 1. The first-order valence-electron chi connectivity index (χ1n) is 6.55. The number of halogens is 2. The Morgan fingerprint density at radius 2 is 1.95 bits per heavy atom. The Labute approximate surface area is 134 Å². The van der Waals surface area contributed by atoms with E-state index in [0.29, 0.717) is 0 Å². The third-order valence-electron chi connectivity index (χ3n) is 3.65. The maximum Gasteiger partial charge on any atom is 0.0317 e. The summed E-state index contributed by atoms with van der Waals surface area (Å²) in [5, 5.41) is 0. The summed E-state index contributed by atoms with van der Waals surface area (Å²) in [6, 6.07) is 14.7. The summed E-state index contributed by atoms with van der Waals surface area (Å²) in [5.74, 6) is 0. The predicted octanol–water partition coefficient (Wildman–Crippen LogP) is 4.01. The van der Waals surface area contributed by atoms with E-state index in [4.69, 9.17) is 5.73 Å². The Balaban J connectivity index is 0.00000147. The lowest BCUT2D eigenvalue weighted by Gasteiger charge is -2.29. The molecule has 0 fully saturated rings. The van der Waals surface area contributed by atoms with Crippen molar-refractivity contribution in [1.29, 1.82) is 0 Å². The lowest BCUT2D eigenvalue weighted by atomic mass is 9.99. The summed E-state index contributed by atoms with van der Waals surface area (Å²) in [4.78, 5) is 2.47. The van der Waals surface area contributed by atoms with E-state index in [-0.39, 0.29) is 12.4 Å². The molecule has 2 nitrogen and oxygen atoms in total. The lowest BCUT2D eigenvalue weighted by Crippen LogP contribution is -2.30. The Bertz CT molecular complexity index is 601. The van der Waals surface area contributed by atoms with E-state index >= 15 is 0 Å². The highest BCUT2D eigenvalue weighted by Gasteiger charge is 2.18. The van der Waals surface area contributed by atoms with Crippen molar-refractivity contribution in [2.75, 3.05) is 12.3 Å². The first-order valence-corrected chi connectivity index (χ1v) is 7.35. The number of hydrogen-bond acceptors (Lipinski definition) is 2. The third-order valence-corrected chi connectivity index (χ3v) is 4.40. The standard InChI is InChI=1S/C16H17BrN2.ClH/c17-16-6-2-4-13-7-8-19(11-15(13)16)10-12-3-1-5-14(18)9-12;/h1-6,9H,7-8,10-11,18H2;1H. The van der Waals surface area contributed by atoms with Gasteiger partial charge in [-0.05, 0) is 41.3 Å². The fourth-order valence-electron chi connectivity index (χ4n) is 2.68. The highest BCUT2D eigenvalue weighted by molar-refractivity contribution is 9.10. The van der Waals surface area contributed by atoms with Crippen LogP contribution in [0, 0.1) is 0 Å². The smallest absolute Gasteiger partial charge is 0.0317 e. The highest BCUT2D eigenvalue weighted by Crippen LogP contribution is 2.27. The summed E-state index contributed by atoms with van der Waals surface area (Å²) >= 11 is 3.66. The molecule has 0 bridgehead atoms. The monoisotopic (exact) mass is 352 g/mol. The second-order valence-electron chi connectivity index (χ2n) is 5.08. The van der Waals surface area contributed by atoms with Crippen LogP contribution in [0.5, 0.6) is 0 Å². The maximum atomic E-state index is 5.84. The van der Waals surface area contributed by atoms with Gasteiger partial charge in [-0.3, -0.25) is 4.90 Å². The van der Waals surface area contributed by atoms with Gasteiger partial charge in [0.1, 0.15) is 0 Å². The van der Waals surface area contributed by atoms with Crippen molar-refractivity contribution in [2.45, 2.75) is 19.5 Å². The first kappa shape index (κ1) is 15.4. The van der Waals surface area contributed by atoms with E-state index in [1.165, 1.54) is 21.2 Å². The van der Waals surface area contributed by atoms with Crippen molar-refractivity contribution in [1.82, 2.24) is 4.90 Å². The van der Waals surface area contributed by atoms with Gasteiger partial charge in [0, 0.05) is 29.8 Å². The molecule has 0 saturated carbocycles. The molecule has 1 heterocycles. The molecule has 0 spiro atoms. The van der Waals surface area contributed by atoms with E-state index in [1.807, 2.05) is 12.1 Å². The van der Waals surface area contributed by atoms with Crippen LogP contribution in [0.1, 0.15) is 16.7 Å². The summed E-state index contributed by atoms with van der Waals surface area (Å²) in [6.07, 6.45) is 1.12. The van der Waals surface area contributed by atoms with Crippen molar-refractivity contribution in [3.63, 3.8) is 0 Å². The summed E-state index contributed by atoms with van der Waals surface area (Å²) in [5.41, 5.74) is 10.9. The van der Waals surface area contributed by atoms with Crippen LogP contribution in [0.4, 0.5) is 5.69 Å². The van der Waals surface area contributed by atoms with Gasteiger partial charge in [-0.15, -0.1) is 12.4 Å². The van der Waals surface area contributed by atoms with Crippen LogP contribution < -0.4 is 5.73 Å². The lowest BCUT2D eigenvalue weighted by molar-refractivity contribution is 0.245. The van der Waals surface area contributed by atoms with Crippen molar-refractivity contribution in [3.8, 4) is 0 Å². The second-order valence-corrected chi connectivity index (χ2v) is 5.94. The summed E-state index contributed by atoms with van der Waals surface area (Å²) in [7, 11) is 0. The molecule has 2 aromatic rings. The summed E-state index contributed by atoms with van der Waals surface area (Å²) in [6.45, 7) is 3.08. The van der Waals surface area contributed by atoms with Crippen molar-refractivity contribution in [3.05, 3.63) is 63.6 Å². The van der Waals surface area contributed by atoms with Crippen molar-refractivity contribution < 1.29 is 0 Å². The zero-order chi connectivity index (χ0) is 13.2. The van der Waals surface area contributed by atoms with Gasteiger partial charge >= 0.3 is 0 Å². The van der Waals surface area contributed by atoms with Crippen LogP contribution in [-0.2, 0) is 19.5 Å². The number of fused-ring (bicyclic) bond motifs is 1. The number of hydrogen-bond donors (Lipinski definition) is 1. The molecule has 2 N–H and O–H groups in total. The quantitative estimate of drug-likeness (QED) is 0.827. The number of anilines is 1. The molecule has 0 radical (unpaired) electrons. The second kappa shape index (κ2) is 6.61. The summed E-state index contributed by atoms with van der Waals surface area (Å²) < 4.78 is 1.22. The molecular weight excluding hydrogens is 336 g/mol. The van der Waals surface area contributed by atoms with Gasteiger partial charge in [-0.2, -0.15) is 0 Å². The Morgan fingerprint density at radius 3 is 2.75 bits per heavy atom. The molecule has 20 heavy (non-hydrogen) atoms. The minimum atomic E-state index is 0. The van der Waals surface area contributed by atoms with E-state index < -0.39 is 0 Å². The minimum absolute atomic E-state index is 0. The van der Waals surface area contributed by atoms with E-state index in [1.54, 1.807) is 0 Å². The predicted molar refractivity (Wildman–Crippen MR) is 90.1 cm³/mol. The van der Waals surface area contributed by atoms with Crippen LogP contribution in [0.15, 0.2) is 46.9 Å². The fourth-order valence-corrected chi connectivity index (χ4v) is 3.21. The molecule has 106 valence electrons. The van der Waals surface area contributed by atoms with Crippen molar-refractivity contribution >= 4 is 34.0 Å². The number of nitrogen functional groups attached to an aromatic ring is 1. The number of nitrogens with two attached hydrogens (primary N) is 1. The van der Waals surface area contributed by atoms with Gasteiger partial charge in [-0.25, -0.2) is 0 Å². The van der Waals surface area contributed by atoms with Gasteiger partial charge in [0.05, 0.1) is 0 Å². The van der Waals surface area contributed by atoms with Gasteiger partial charge in [0.2, 0.25) is 0 Å². The average molecular weight is 354 g/mol. The molecule has 1 aliphatic heterocycles. The van der Waals surface area contributed by atoms with Gasteiger partial charge in [0.25, 0.3) is 0 Å². The van der Waals surface area contributed by atoms with Crippen LogP contribution in [-0.4, -0.2) is 11.4 Å². The highest BCUT2D eigenvalue weighted by atomic mass is 79.9. The maximum absolute atomic E-state index is 5.84. The molecular formula is C16H18BrClN2. The minimum Gasteiger partial charge on any atom is -0.399 e. The van der Waals surface area contributed by atoms with E-state index in [9.17, 15) is 0 Å².